The Balaban J connectivity index is 2.19. The normalized spacial score (nSPS) is 12.6. The highest BCUT2D eigenvalue weighted by molar-refractivity contribution is 5.77. The van der Waals surface area contributed by atoms with Crippen molar-refractivity contribution in [2.45, 2.75) is 19.4 Å². The number of hydrogen-bond donors (Lipinski definition) is 2. The highest BCUT2D eigenvalue weighted by atomic mass is 16.6. The fourth-order valence-electron chi connectivity index (χ4n) is 1.45. The number of nitrogens with one attached hydrogen (secondary N) is 1. The Hall–Kier alpha value is -2.15. The van der Waals surface area contributed by atoms with E-state index in [4.69, 9.17) is 4.42 Å². The number of benzene rings is 1. The van der Waals surface area contributed by atoms with E-state index in [0.717, 1.165) is 0 Å². The van der Waals surface area contributed by atoms with E-state index in [2.05, 4.69) is 10.3 Å². The van der Waals surface area contributed by atoms with Gasteiger partial charge in [-0.15, -0.1) is 0 Å². The molecule has 0 fully saturated rings. The minimum absolute atomic E-state index is 0.0315. The molecule has 7 heteroatoms. The van der Waals surface area contributed by atoms with Crippen LogP contribution in [0.5, 0.6) is 0 Å². The Bertz CT molecular complexity index is 566. The lowest BCUT2D eigenvalue weighted by atomic mass is 10.3. The lowest BCUT2D eigenvalue weighted by molar-refractivity contribution is -0.384. The van der Waals surface area contributed by atoms with Crippen LogP contribution in [-0.4, -0.2) is 27.7 Å². The van der Waals surface area contributed by atoms with Crippen LogP contribution in [0, 0.1) is 10.1 Å². The van der Waals surface area contributed by atoms with Gasteiger partial charge >= 0.3 is 0 Å². The molecule has 0 amide bonds. The van der Waals surface area contributed by atoms with Gasteiger partial charge in [-0.2, -0.15) is 4.98 Å². The third-order valence-corrected chi connectivity index (χ3v) is 2.54. The summed E-state index contributed by atoms with van der Waals surface area (Å²) in [6, 6.07) is 4.46. The number of fused-ring (bicyclic) bond motifs is 1. The van der Waals surface area contributed by atoms with Crippen molar-refractivity contribution < 1.29 is 14.4 Å². The van der Waals surface area contributed by atoms with E-state index in [0.29, 0.717) is 24.1 Å². The number of aliphatic hydroxyl groups is 1. The second-order valence-electron chi connectivity index (χ2n) is 3.87. The summed E-state index contributed by atoms with van der Waals surface area (Å²) < 4.78 is 5.34. The molecule has 2 N–H and O–H groups in total. The minimum Gasteiger partial charge on any atom is -0.424 e. The Morgan fingerprint density at radius 3 is 3.06 bits per heavy atom. The molecule has 1 aromatic carbocycles. The van der Waals surface area contributed by atoms with Crippen LogP contribution in [0.4, 0.5) is 11.7 Å². The summed E-state index contributed by atoms with van der Waals surface area (Å²) in [4.78, 5) is 14.2. The summed E-state index contributed by atoms with van der Waals surface area (Å²) in [7, 11) is 0. The summed E-state index contributed by atoms with van der Waals surface area (Å²) in [6.45, 7) is 2.19. The lowest BCUT2D eigenvalue weighted by Crippen LogP contribution is -2.18. The largest absolute Gasteiger partial charge is 0.424 e. The minimum atomic E-state index is -0.484. The van der Waals surface area contributed by atoms with Crippen LogP contribution < -0.4 is 5.32 Å². The molecule has 96 valence electrons. The van der Waals surface area contributed by atoms with Gasteiger partial charge in [0.1, 0.15) is 5.52 Å². The molecule has 0 saturated carbocycles. The maximum absolute atomic E-state index is 10.6. The molecule has 0 aliphatic rings. The van der Waals surface area contributed by atoms with Crippen LogP contribution in [-0.2, 0) is 0 Å². The van der Waals surface area contributed by atoms with Gasteiger partial charge in [0.2, 0.25) is 0 Å². The van der Waals surface area contributed by atoms with Gasteiger partial charge in [0.25, 0.3) is 11.7 Å². The topological polar surface area (TPSA) is 101 Å². The molecular formula is C11H13N3O4. The number of nitrogens with zero attached hydrogens (tertiary/aromatic N) is 2. The van der Waals surface area contributed by atoms with Gasteiger partial charge in [-0.25, -0.2) is 0 Å². The highest BCUT2D eigenvalue weighted by Gasteiger charge is 2.11. The zero-order valence-electron chi connectivity index (χ0n) is 9.79. The molecule has 18 heavy (non-hydrogen) atoms. The predicted octanol–water partition coefficient (Wildman–Crippen LogP) is 1.92. The summed E-state index contributed by atoms with van der Waals surface area (Å²) in [6.07, 6.45) is 0.146. The van der Waals surface area contributed by atoms with Gasteiger partial charge in [-0.1, -0.05) is 6.92 Å². The number of nitro benzene ring substituents is 1. The van der Waals surface area contributed by atoms with Crippen molar-refractivity contribution >= 4 is 22.8 Å². The van der Waals surface area contributed by atoms with E-state index in [-0.39, 0.29) is 11.7 Å². The fourth-order valence-corrected chi connectivity index (χ4v) is 1.45. The first-order valence-corrected chi connectivity index (χ1v) is 5.57. The lowest BCUT2D eigenvalue weighted by Gasteiger charge is -2.06. The van der Waals surface area contributed by atoms with E-state index in [1.807, 2.05) is 6.92 Å². The van der Waals surface area contributed by atoms with Crippen LogP contribution >= 0.6 is 0 Å². The maximum atomic E-state index is 10.6. The molecule has 0 radical (unpaired) electrons. The number of aromatic nitrogens is 1. The standard InChI is InChI=1S/C11H13N3O4/c1-2-8(15)6-12-11-13-9-5-7(14(16)17)3-4-10(9)18-11/h3-5,8,15H,2,6H2,1H3,(H,12,13). The Kier molecular flexibility index (Phi) is 3.42. The summed E-state index contributed by atoms with van der Waals surface area (Å²) in [5, 5.41) is 22.8. The molecule has 1 unspecified atom stereocenters. The first kappa shape index (κ1) is 12.3. The van der Waals surface area contributed by atoms with Crippen molar-refractivity contribution in [1.82, 2.24) is 4.98 Å². The third-order valence-electron chi connectivity index (χ3n) is 2.54. The zero-order valence-corrected chi connectivity index (χ0v) is 9.79. The van der Waals surface area contributed by atoms with Crippen LogP contribution in [0.25, 0.3) is 11.1 Å². The average molecular weight is 251 g/mol. The zero-order chi connectivity index (χ0) is 13.1. The molecular weight excluding hydrogens is 238 g/mol. The van der Waals surface area contributed by atoms with Crippen molar-refractivity contribution in [1.29, 1.82) is 0 Å². The van der Waals surface area contributed by atoms with E-state index in [1.165, 1.54) is 18.2 Å². The molecule has 0 bridgehead atoms. The van der Waals surface area contributed by atoms with Crippen LogP contribution in [0.3, 0.4) is 0 Å². The van der Waals surface area contributed by atoms with Crippen molar-refractivity contribution in [3.63, 3.8) is 0 Å². The Labute approximate surface area is 103 Å². The van der Waals surface area contributed by atoms with Gasteiger partial charge in [0.05, 0.1) is 11.0 Å². The van der Waals surface area contributed by atoms with Gasteiger partial charge in [-0.3, -0.25) is 10.1 Å². The van der Waals surface area contributed by atoms with Crippen molar-refractivity contribution in [2.24, 2.45) is 0 Å². The number of oxazole rings is 1. The quantitative estimate of drug-likeness (QED) is 0.621. The summed E-state index contributed by atoms with van der Waals surface area (Å²) >= 11 is 0. The van der Waals surface area contributed by atoms with Gasteiger partial charge in [0, 0.05) is 18.7 Å². The molecule has 2 rings (SSSR count). The second-order valence-corrected chi connectivity index (χ2v) is 3.87. The van der Waals surface area contributed by atoms with Crippen LogP contribution in [0.15, 0.2) is 22.6 Å². The fraction of sp³-hybridized carbons (Fsp3) is 0.364. The van der Waals surface area contributed by atoms with Crippen molar-refractivity contribution in [3.8, 4) is 0 Å². The maximum Gasteiger partial charge on any atom is 0.295 e. The molecule has 0 saturated heterocycles. The second kappa shape index (κ2) is 5.01. The summed E-state index contributed by atoms with van der Waals surface area (Å²) in [5.74, 6) is 0. The van der Waals surface area contributed by atoms with Crippen LogP contribution in [0.2, 0.25) is 0 Å². The van der Waals surface area contributed by atoms with Crippen LogP contribution in [0.1, 0.15) is 13.3 Å². The number of aliphatic hydroxyl groups excluding tert-OH is 1. The molecule has 7 nitrogen and oxygen atoms in total. The van der Waals surface area contributed by atoms with Gasteiger partial charge in [0.15, 0.2) is 5.58 Å². The molecule has 0 aliphatic heterocycles. The first-order chi connectivity index (χ1) is 8.60. The molecule has 2 aromatic rings. The predicted molar refractivity (Wildman–Crippen MR) is 65.5 cm³/mol. The smallest absolute Gasteiger partial charge is 0.295 e. The number of hydrogen-bond acceptors (Lipinski definition) is 6. The molecule has 1 atom stereocenters. The molecule has 0 aliphatic carbocycles. The highest BCUT2D eigenvalue weighted by Crippen LogP contribution is 2.23. The first-order valence-electron chi connectivity index (χ1n) is 5.57. The Morgan fingerprint density at radius 2 is 2.39 bits per heavy atom. The number of nitro groups is 1. The Morgan fingerprint density at radius 1 is 1.61 bits per heavy atom. The van der Waals surface area contributed by atoms with Crippen molar-refractivity contribution in [2.75, 3.05) is 11.9 Å². The van der Waals surface area contributed by atoms with E-state index < -0.39 is 11.0 Å². The van der Waals surface area contributed by atoms with Gasteiger partial charge < -0.3 is 14.8 Å². The SMILES string of the molecule is CCC(O)CNc1nc2cc([N+](=O)[O-])ccc2o1. The number of anilines is 1. The number of rotatable bonds is 5. The van der Waals surface area contributed by atoms with E-state index in [1.54, 1.807) is 0 Å². The molecule has 0 spiro atoms. The monoisotopic (exact) mass is 251 g/mol. The van der Waals surface area contributed by atoms with E-state index >= 15 is 0 Å². The number of non-ortho nitro benzene ring substituents is 1. The molecule has 1 aromatic heterocycles. The molecule has 1 heterocycles. The van der Waals surface area contributed by atoms with Crippen molar-refractivity contribution in [3.05, 3.63) is 28.3 Å². The summed E-state index contributed by atoms with van der Waals surface area (Å²) in [5.41, 5.74) is 0.850. The van der Waals surface area contributed by atoms with E-state index in [9.17, 15) is 15.2 Å². The van der Waals surface area contributed by atoms with Gasteiger partial charge in [-0.05, 0) is 12.5 Å². The third kappa shape index (κ3) is 2.57. The average Bonchev–Trinajstić information content (AvgIpc) is 2.77.